The predicted octanol–water partition coefficient (Wildman–Crippen LogP) is 1.99. The number of ether oxygens (including phenoxy) is 1. The third-order valence-corrected chi connectivity index (χ3v) is 2.56. The Labute approximate surface area is 98.6 Å². The largest absolute Gasteiger partial charge is 0.479 e. The summed E-state index contributed by atoms with van der Waals surface area (Å²) in [5.41, 5.74) is 0. The highest BCUT2D eigenvalue weighted by molar-refractivity contribution is 5.72. The SMILES string of the molecule is CCCCCN(C)CCC(OCC)C(=O)O. The molecule has 0 bridgehead atoms. The van der Waals surface area contributed by atoms with E-state index in [4.69, 9.17) is 9.84 Å². The molecule has 1 atom stereocenters. The van der Waals surface area contributed by atoms with Crippen molar-refractivity contribution in [1.82, 2.24) is 4.90 Å². The van der Waals surface area contributed by atoms with Gasteiger partial charge in [0.15, 0.2) is 6.10 Å². The lowest BCUT2D eigenvalue weighted by Gasteiger charge is -2.19. The van der Waals surface area contributed by atoms with Gasteiger partial charge in [0.1, 0.15) is 0 Å². The van der Waals surface area contributed by atoms with E-state index in [1.165, 1.54) is 19.3 Å². The Morgan fingerprint density at radius 2 is 2.00 bits per heavy atom. The Balaban J connectivity index is 3.69. The van der Waals surface area contributed by atoms with E-state index in [0.717, 1.165) is 13.1 Å². The highest BCUT2D eigenvalue weighted by atomic mass is 16.5. The average Bonchev–Trinajstić information content (AvgIpc) is 2.24. The number of carboxylic acids is 1. The number of hydrogen-bond acceptors (Lipinski definition) is 3. The third kappa shape index (κ3) is 7.65. The quantitative estimate of drug-likeness (QED) is 0.584. The lowest BCUT2D eigenvalue weighted by molar-refractivity contribution is -0.150. The fraction of sp³-hybridized carbons (Fsp3) is 0.917. The first-order chi connectivity index (χ1) is 7.61. The zero-order chi connectivity index (χ0) is 12.4. The fourth-order valence-electron chi connectivity index (χ4n) is 1.56. The van der Waals surface area contributed by atoms with E-state index in [0.29, 0.717) is 13.0 Å². The van der Waals surface area contributed by atoms with Gasteiger partial charge in [-0.15, -0.1) is 0 Å². The Hall–Kier alpha value is -0.610. The molecular weight excluding hydrogens is 206 g/mol. The molecule has 96 valence electrons. The zero-order valence-corrected chi connectivity index (χ0v) is 10.7. The first-order valence-electron chi connectivity index (χ1n) is 6.14. The van der Waals surface area contributed by atoms with Crippen molar-refractivity contribution in [3.63, 3.8) is 0 Å². The summed E-state index contributed by atoms with van der Waals surface area (Å²) < 4.78 is 5.15. The Kier molecular flexibility index (Phi) is 9.24. The van der Waals surface area contributed by atoms with Crippen LogP contribution in [0.1, 0.15) is 39.5 Å². The summed E-state index contributed by atoms with van der Waals surface area (Å²) in [5.74, 6) is -0.858. The molecule has 0 heterocycles. The van der Waals surface area contributed by atoms with Crippen LogP contribution in [0.3, 0.4) is 0 Å². The van der Waals surface area contributed by atoms with Gasteiger partial charge in [0.25, 0.3) is 0 Å². The van der Waals surface area contributed by atoms with Crippen LogP contribution in [0.5, 0.6) is 0 Å². The summed E-state index contributed by atoms with van der Waals surface area (Å²) in [6, 6.07) is 0. The summed E-state index contributed by atoms with van der Waals surface area (Å²) in [7, 11) is 2.03. The second-order valence-corrected chi connectivity index (χ2v) is 4.08. The Morgan fingerprint density at radius 1 is 1.31 bits per heavy atom. The molecule has 1 unspecified atom stereocenters. The van der Waals surface area contributed by atoms with Crippen LogP contribution in [0.25, 0.3) is 0 Å². The monoisotopic (exact) mass is 231 g/mol. The third-order valence-electron chi connectivity index (χ3n) is 2.56. The van der Waals surface area contributed by atoms with E-state index in [1.807, 2.05) is 14.0 Å². The molecule has 0 radical (unpaired) electrons. The van der Waals surface area contributed by atoms with Crippen LogP contribution in [0.15, 0.2) is 0 Å². The topological polar surface area (TPSA) is 49.8 Å². The molecule has 0 amide bonds. The van der Waals surface area contributed by atoms with E-state index in [9.17, 15) is 4.79 Å². The van der Waals surface area contributed by atoms with Gasteiger partial charge >= 0.3 is 5.97 Å². The molecule has 0 aromatic heterocycles. The number of unbranched alkanes of at least 4 members (excludes halogenated alkanes) is 2. The van der Waals surface area contributed by atoms with Gasteiger partial charge in [-0.3, -0.25) is 0 Å². The van der Waals surface area contributed by atoms with Crippen molar-refractivity contribution in [3.05, 3.63) is 0 Å². The van der Waals surface area contributed by atoms with Crippen LogP contribution < -0.4 is 0 Å². The van der Waals surface area contributed by atoms with Gasteiger partial charge in [-0.2, -0.15) is 0 Å². The first-order valence-corrected chi connectivity index (χ1v) is 6.14. The maximum Gasteiger partial charge on any atom is 0.332 e. The summed E-state index contributed by atoms with van der Waals surface area (Å²) in [4.78, 5) is 13.0. The van der Waals surface area contributed by atoms with Gasteiger partial charge in [0.2, 0.25) is 0 Å². The van der Waals surface area contributed by atoms with E-state index in [2.05, 4.69) is 11.8 Å². The van der Waals surface area contributed by atoms with Crippen LogP contribution in [0.4, 0.5) is 0 Å². The van der Waals surface area contributed by atoms with Crippen LogP contribution in [0, 0.1) is 0 Å². The molecular formula is C12H25NO3. The van der Waals surface area contributed by atoms with Crippen LogP contribution >= 0.6 is 0 Å². The normalized spacial score (nSPS) is 13.0. The van der Waals surface area contributed by atoms with E-state index >= 15 is 0 Å². The second kappa shape index (κ2) is 9.60. The number of hydrogen-bond donors (Lipinski definition) is 1. The number of nitrogens with zero attached hydrogens (tertiary/aromatic N) is 1. The fourth-order valence-corrected chi connectivity index (χ4v) is 1.56. The maximum absolute atomic E-state index is 10.8. The smallest absolute Gasteiger partial charge is 0.332 e. The Bertz CT molecular complexity index is 185. The molecule has 4 heteroatoms. The molecule has 0 saturated heterocycles. The highest BCUT2D eigenvalue weighted by Gasteiger charge is 2.17. The average molecular weight is 231 g/mol. The van der Waals surface area contributed by atoms with Gasteiger partial charge in [0, 0.05) is 13.2 Å². The standard InChI is InChI=1S/C12H25NO3/c1-4-6-7-9-13(3)10-8-11(12(14)15)16-5-2/h11H,4-10H2,1-3H3,(H,14,15). The van der Waals surface area contributed by atoms with Crippen molar-refractivity contribution in [1.29, 1.82) is 0 Å². The van der Waals surface area contributed by atoms with E-state index in [1.54, 1.807) is 0 Å². The molecule has 0 aliphatic carbocycles. The minimum absolute atomic E-state index is 0.455. The summed E-state index contributed by atoms with van der Waals surface area (Å²) in [6.07, 6.45) is 3.53. The van der Waals surface area contributed by atoms with Crippen LogP contribution in [-0.2, 0) is 9.53 Å². The van der Waals surface area contributed by atoms with Crippen molar-refractivity contribution in [2.45, 2.75) is 45.6 Å². The zero-order valence-electron chi connectivity index (χ0n) is 10.7. The molecule has 0 spiro atoms. The molecule has 0 aromatic carbocycles. The molecule has 0 fully saturated rings. The molecule has 1 N–H and O–H groups in total. The number of aliphatic carboxylic acids is 1. The van der Waals surface area contributed by atoms with Gasteiger partial charge in [-0.05, 0) is 33.4 Å². The van der Waals surface area contributed by atoms with Gasteiger partial charge < -0.3 is 14.7 Å². The lowest BCUT2D eigenvalue weighted by Crippen LogP contribution is -2.30. The maximum atomic E-state index is 10.8. The molecule has 16 heavy (non-hydrogen) atoms. The molecule has 0 aromatic rings. The van der Waals surface area contributed by atoms with Crippen LogP contribution in [-0.4, -0.2) is 48.8 Å². The summed E-state index contributed by atoms with van der Waals surface area (Å²) >= 11 is 0. The summed E-state index contributed by atoms with van der Waals surface area (Å²) in [6.45, 7) is 6.26. The minimum atomic E-state index is -0.858. The number of carboxylic acid groups (broad SMARTS) is 1. The Morgan fingerprint density at radius 3 is 2.50 bits per heavy atom. The van der Waals surface area contributed by atoms with Crippen molar-refractivity contribution in [2.75, 3.05) is 26.7 Å². The predicted molar refractivity (Wildman–Crippen MR) is 64.7 cm³/mol. The molecule has 0 saturated carbocycles. The van der Waals surface area contributed by atoms with Gasteiger partial charge in [-0.1, -0.05) is 19.8 Å². The van der Waals surface area contributed by atoms with Gasteiger partial charge in [0.05, 0.1) is 0 Å². The number of carbonyl (C=O) groups is 1. The first kappa shape index (κ1) is 15.4. The van der Waals surface area contributed by atoms with Gasteiger partial charge in [-0.25, -0.2) is 4.79 Å². The number of rotatable bonds is 10. The summed E-state index contributed by atoms with van der Waals surface area (Å²) in [5, 5.41) is 8.89. The lowest BCUT2D eigenvalue weighted by atomic mass is 10.2. The molecule has 4 nitrogen and oxygen atoms in total. The second-order valence-electron chi connectivity index (χ2n) is 4.08. The van der Waals surface area contributed by atoms with Crippen LogP contribution in [0.2, 0.25) is 0 Å². The van der Waals surface area contributed by atoms with Crippen molar-refractivity contribution in [3.8, 4) is 0 Å². The molecule has 0 rings (SSSR count). The highest BCUT2D eigenvalue weighted by Crippen LogP contribution is 2.02. The van der Waals surface area contributed by atoms with Crippen molar-refractivity contribution >= 4 is 5.97 Å². The van der Waals surface area contributed by atoms with Crippen molar-refractivity contribution in [2.24, 2.45) is 0 Å². The minimum Gasteiger partial charge on any atom is -0.479 e. The molecule has 0 aliphatic heterocycles. The van der Waals surface area contributed by atoms with Crippen molar-refractivity contribution < 1.29 is 14.6 Å². The van der Waals surface area contributed by atoms with E-state index < -0.39 is 12.1 Å². The molecule has 0 aliphatic rings. The van der Waals surface area contributed by atoms with E-state index in [-0.39, 0.29) is 0 Å².